The van der Waals surface area contributed by atoms with Gasteiger partial charge in [-0.15, -0.1) is 0 Å². The van der Waals surface area contributed by atoms with Crippen LogP contribution in [0.1, 0.15) is 26.7 Å². The molecule has 2 rings (SSSR count). The molecule has 1 aliphatic rings. The Hall–Kier alpha value is -2.24. The number of hydrogen-bond donors (Lipinski definition) is 2. The fraction of sp³-hybridized carbons (Fsp3) is 0.500. The highest BCUT2D eigenvalue weighted by Crippen LogP contribution is 2.30. The molecule has 0 aliphatic heterocycles. The summed E-state index contributed by atoms with van der Waals surface area (Å²) in [4.78, 5) is 23.3. The standard InChI is InChI=1S/C16H22N2O4/c1-3-21-13-8-7-12(9-14(13)22-4-2)18-15(19)10-17-16(20)11-5-6-11/h7-9,11H,3-6,10H2,1-2H3,(H,17,20)(H,18,19). The van der Waals surface area contributed by atoms with Gasteiger partial charge in [-0.3, -0.25) is 9.59 Å². The van der Waals surface area contributed by atoms with Crippen LogP contribution < -0.4 is 20.1 Å². The van der Waals surface area contributed by atoms with E-state index in [4.69, 9.17) is 9.47 Å². The van der Waals surface area contributed by atoms with Crippen LogP contribution in [0.3, 0.4) is 0 Å². The van der Waals surface area contributed by atoms with E-state index in [1.807, 2.05) is 13.8 Å². The summed E-state index contributed by atoms with van der Waals surface area (Å²) in [6, 6.07) is 5.22. The Bertz CT molecular complexity index is 541. The molecule has 1 aliphatic carbocycles. The molecule has 6 heteroatoms. The third-order valence-corrected chi connectivity index (χ3v) is 3.20. The van der Waals surface area contributed by atoms with Crippen LogP contribution in [-0.4, -0.2) is 31.6 Å². The third-order valence-electron chi connectivity index (χ3n) is 3.20. The molecule has 0 bridgehead atoms. The zero-order valence-electron chi connectivity index (χ0n) is 13.0. The smallest absolute Gasteiger partial charge is 0.243 e. The first kappa shape index (κ1) is 16.1. The average molecular weight is 306 g/mol. The van der Waals surface area contributed by atoms with Crippen molar-refractivity contribution in [1.82, 2.24) is 5.32 Å². The fourth-order valence-corrected chi connectivity index (χ4v) is 1.99. The summed E-state index contributed by atoms with van der Waals surface area (Å²) in [5, 5.41) is 5.36. The van der Waals surface area contributed by atoms with Crippen LogP contribution in [0.4, 0.5) is 5.69 Å². The minimum absolute atomic E-state index is 0.0213. The van der Waals surface area contributed by atoms with E-state index in [0.29, 0.717) is 30.4 Å². The van der Waals surface area contributed by atoms with Gasteiger partial charge in [0, 0.05) is 17.7 Å². The SMILES string of the molecule is CCOc1ccc(NC(=O)CNC(=O)C2CC2)cc1OCC. The topological polar surface area (TPSA) is 76.7 Å². The van der Waals surface area contributed by atoms with E-state index in [2.05, 4.69) is 10.6 Å². The van der Waals surface area contributed by atoms with Gasteiger partial charge in [0.1, 0.15) is 0 Å². The largest absolute Gasteiger partial charge is 0.490 e. The summed E-state index contributed by atoms with van der Waals surface area (Å²) in [6.45, 7) is 4.81. The molecule has 0 radical (unpaired) electrons. The Morgan fingerprint density at radius 3 is 2.45 bits per heavy atom. The molecule has 6 nitrogen and oxygen atoms in total. The lowest BCUT2D eigenvalue weighted by Crippen LogP contribution is -2.33. The number of ether oxygens (including phenoxy) is 2. The molecule has 0 aromatic heterocycles. The lowest BCUT2D eigenvalue weighted by atomic mass is 10.2. The number of anilines is 1. The van der Waals surface area contributed by atoms with Crippen molar-refractivity contribution in [3.63, 3.8) is 0 Å². The van der Waals surface area contributed by atoms with Gasteiger partial charge in [0.25, 0.3) is 0 Å². The Morgan fingerprint density at radius 1 is 1.14 bits per heavy atom. The Labute approximate surface area is 130 Å². The highest BCUT2D eigenvalue weighted by atomic mass is 16.5. The Balaban J connectivity index is 1.91. The van der Waals surface area contributed by atoms with Gasteiger partial charge in [-0.2, -0.15) is 0 Å². The predicted octanol–water partition coefficient (Wildman–Crippen LogP) is 1.95. The second kappa shape index (κ2) is 7.68. The zero-order valence-corrected chi connectivity index (χ0v) is 13.0. The van der Waals surface area contributed by atoms with Gasteiger partial charge in [0.15, 0.2) is 11.5 Å². The fourth-order valence-electron chi connectivity index (χ4n) is 1.99. The normalized spacial score (nSPS) is 13.4. The molecule has 1 fully saturated rings. The Kier molecular flexibility index (Phi) is 5.63. The van der Waals surface area contributed by atoms with E-state index < -0.39 is 0 Å². The van der Waals surface area contributed by atoms with E-state index in [0.717, 1.165) is 12.8 Å². The number of benzene rings is 1. The summed E-state index contributed by atoms with van der Waals surface area (Å²) in [5.74, 6) is 1.02. The summed E-state index contributed by atoms with van der Waals surface area (Å²) >= 11 is 0. The minimum Gasteiger partial charge on any atom is -0.490 e. The maximum Gasteiger partial charge on any atom is 0.243 e. The number of rotatable bonds is 8. The monoisotopic (exact) mass is 306 g/mol. The lowest BCUT2D eigenvalue weighted by Gasteiger charge is -2.13. The van der Waals surface area contributed by atoms with Crippen molar-refractivity contribution in [1.29, 1.82) is 0 Å². The van der Waals surface area contributed by atoms with Crippen LogP contribution in [0.2, 0.25) is 0 Å². The molecular formula is C16H22N2O4. The number of hydrogen-bond acceptors (Lipinski definition) is 4. The van der Waals surface area contributed by atoms with Crippen LogP contribution in [0.15, 0.2) is 18.2 Å². The Morgan fingerprint density at radius 2 is 1.82 bits per heavy atom. The summed E-state index contributed by atoms with van der Waals surface area (Å²) in [7, 11) is 0. The average Bonchev–Trinajstić information content (AvgIpc) is 3.33. The van der Waals surface area contributed by atoms with Crippen molar-refractivity contribution in [2.75, 3.05) is 25.1 Å². The van der Waals surface area contributed by atoms with E-state index in [-0.39, 0.29) is 24.3 Å². The molecule has 120 valence electrons. The molecular weight excluding hydrogens is 284 g/mol. The van der Waals surface area contributed by atoms with E-state index >= 15 is 0 Å². The van der Waals surface area contributed by atoms with Gasteiger partial charge in [-0.25, -0.2) is 0 Å². The summed E-state index contributed by atoms with van der Waals surface area (Å²) in [6.07, 6.45) is 1.84. The van der Waals surface area contributed by atoms with Crippen LogP contribution >= 0.6 is 0 Å². The van der Waals surface area contributed by atoms with Crippen molar-refractivity contribution in [3.05, 3.63) is 18.2 Å². The summed E-state index contributed by atoms with van der Waals surface area (Å²) in [5.41, 5.74) is 0.609. The maximum absolute atomic E-state index is 11.8. The molecule has 0 spiro atoms. The number of amides is 2. The van der Waals surface area contributed by atoms with Gasteiger partial charge in [-0.1, -0.05) is 0 Å². The van der Waals surface area contributed by atoms with Crippen molar-refractivity contribution in [2.24, 2.45) is 5.92 Å². The first-order chi connectivity index (χ1) is 10.6. The molecule has 0 saturated heterocycles. The molecule has 0 atom stereocenters. The predicted molar refractivity (Wildman–Crippen MR) is 83.1 cm³/mol. The molecule has 1 aromatic carbocycles. The molecule has 2 amide bonds. The number of carbonyl (C=O) groups excluding carboxylic acids is 2. The third kappa shape index (κ3) is 4.65. The van der Waals surface area contributed by atoms with Crippen LogP contribution in [0, 0.1) is 5.92 Å². The highest BCUT2D eigenvalue weighted by Gasteiger charge is 2.29. The lowest BCUT2D eigenvalue weighted by molar-refractivity contribution is -0.125. The van der Waals surface area contributed by atoms with E-state index in [1.165, 1.54) is 0 Å². The first-order valence-corrected chi connectivity index (χ1v) is 7.61. The van der Waals surface area contributed by atoms with Crippen molar-refractivity contribution in [2.45, 2.75) is 26.7 Å². The van der Waals surface area contributed by atoms with E-state index in [9.17, 15) is 9.59 Å². The maximum atomic E-state index is 11.8. The van der Waals surface area contributed by atoms with Crippen molar-refractivity contribution >= 4 is 17.5 Å². The van der Waals surface area contributed by atoms with Crippen LogP contribution in [0.5, 0.6) is 11.5 Å². The van der Waals surface area contributed by atoms with Gasteiger partial charge in [-0.05, 0) is 38.8 Å². The second-order valence-corrected chi connectivity index (χ2v) is 5.07. The number of carbonyl (C=O) groups is 2. The molecule has 22 heavy (non-hydrogen) atoms. The minimum atomic E-state index is -0.263. The molecule has 0 heterocycles. The van der Waals surface area contributed by atoms with Gasteiger partial charge >= 0.3 is 0 Å². The quantitative estimate of drug-likeness (QED) is 0.769. The second-order valence-electron chi connectivity index (χ2n) is 5.07. The first-order valence-electron chi connectivity index (χ1n) is 7.61. The van der Waals surface area contributed by atoms with Gasteiger partial charge in [0.05, 0.1) is 19.8 Å². The number of nitrogens with one attached hydrogen (secondary N) is 2. The highest BCUT2D eigenvalue weighted by molar-refractivity contribution is 5.95. The molecule has 1 aromatic rings. The molecule has 0 unspecified atom stereocenters. The zero-order chi connectivity index (χ0) is 15.9. The van der Waals surface area contributed by atoms with Crippen molar-refractivity contribution < 1.29 is 19.1 Å². The van der Waals surface area contributed by atoms with Crippen LogP contribution in [-0.2, 0) is 9.59 Å². The summed E-state index contributed by atoms with van der Waals surface area (Å²) < 4.78 is 11.0. The van der Waals surface area contributed by atoms with Crippen LogP contribution in [0.25, 0.3) is 0 Å². The van der Waals surface area contributed by atoms with Gasteiger partial charge in [0.2, 0.25) is 11.8 Å². The van der Waals surface area contributed by atoms with Gasteiger partial charge < -0.3 is 20.1 Å². The van der Waals surface area contributed by atoms with Crippen molar-refractivity contribution in [3.8, 4) is 11.5 Å². The molecule has 2 N–H and O–H groups in total. The van der Waals surface area contributed by atoms with E-state index in [1.54, 1.807) is 18.2 Å². The molecule has 1 saturated carbocycles.